The van der Waals surface area contributed by atoms with Crippen molar-refractivity contribution in [2.24, 2.45) is 0 Å². The standard InChI is InChI=1S/C20H19N5O3/c1-3-25-18-17(9-14(11-21-18)19(26)27)22-20(25)24(2)12-15-10-16(23-28-15)13-7-5-4-6-8-13/h4-11H,3,12H2,1-2H3,(H,26,27). The summed E-state index contributed by atoms with van der Waals surface area (Å²) in [7, 11) is 1.90. The van der Waals surface area contributed by atoms with E-state index in [4.69, 9.17) is 4.52 Å². The monoisotopic (exact) mass is 377 g/mol. The Morgan fingerprint density at radius 2 is 2.04 bits per heavy atom. The van der Waals surface area contributed by atoms with Crippen molar-refractivity contribution in [3.63, 3.8) is 0 Å². The quantitative estimate of drug-likeness (QED) is 0.550. The third-order valence-corrected chi connectivity index (χ3v) is 4.49. The maximum atomic E-state index is 11.2. The van der Waals surface area contributed by atoms with Crippen LogP contribution in [0, 0.1) is 0 Å². The van der Waals surface area contributed by atoms with Crippen molar-refractivity contribution >= 4 is 23.1 Å². The largest absolute Gasteiger partial charge is 0.478 e. The second-order valence-electron chi connectivity index (χ2n) is 6.43. The van der Waals surface area contributed by atoms with Crippen molar-refractivity contribution in [3.8, 4) is 11.3 Å². The molecule has 142 valence electrons. The molecule has 0 saturated heterocycles. The molecule has 3 aromatic heterocycles. The van der Waals surface area contributed by atoms with Crippen molar-refractivity contribution in [2.75, 3.05) is 11.9 Å². The Bertz CT molecular complexity index is 1130. The van der Waals surface area contributed by atoms with Crippen molar-refractivity contribution in [3.05, 3.63) is 60.0 Å². The highest BCUT2D eigenvalue weighted by Gasteiger charge is 2.18. The SMILES string of the molecule is CCn1c(N(C)Cc2cc(-c3ccccc3)no2)nc2cc(C(=O)O)cnc21. The molecule has 0 amide bonds. The number of hydrogen-bond acceptors (Lipinski definition) is 6. The van der Waals surface area contributed by atoms with Crippen LogP contribution < -0.4 is 4.90 Å². The fraction of sp³-hybridized carbons (Fsp3) is 0.200. The molecule has 4 rings (SSSR count). The minimum atomic E-state index is -1.02. The number of aromatic carboxylic acids is 1. The highest BCUT2D eigenvalue weighted by molar-refractivity contribution is 5.91. The zero-order valence-electron chi connectivity index (χ0n) is 15.5. The molecule has 0 fully saturated rings. The molecule has 0 bridgehead atoms. The number of anilines is 1. The summed E-state index contributed by atoms with van der Waals surface area (Å²) in [6.07, 6.45) is 1.35. The van der Waals surface area contributed by atoms with E-state index >= 15 is 0 Å². The van der Waals surface area contributed by atoms with Crippen LogP contribution in [0.25, 0.3) is 22.4 Å². The van der Waals surface area contributed by atoms with Gasteiger partial charge < -0.3 is 14.5 Å². The average molecular weight is 377 g/mol. The first-order valence-electron chi connectivity index (χ1n) is 8.88. The van der Waals surface area contributed by atoms with E-state index in [1.54, 1.807) is 0 Å². The smallest absolute Gasteiger partial charge is 0.337 e. The predicted octanol–water partition coefficient (Wildman–Crippen LogP) is 3.44. The summed E-state index contributed by atoms with van der Waals surface area (Å²) >= 11 is 0. The summed E-state index contributed by atoms with van der Waals surface area (Å²) in [5, 5.41) is 13.3. The van der Waals surface area contributed by atoms with Gasteiger partial charge in [-0.05, 0) is 13.0 Å². The number of nitrogens with zero attached hydrogens (tertiary/aromatic N) is 5. The second-order valence-corrected chi connectivity index (χ2v) is 6.43. The first-order valence-corrected chi connectivity index (χ1v) is 8.88. The molecule has 0 spiro atoms. The van der Waals surface area contributed by atoms with E-state index in [1.807, 2.05) is 59.8 Å². The van der Waals surface area contributed by atoms with Crippen LogP contribution in [-0.4, -0.2) is 37.8 Å². The Labute approximate surface area is 161 Å². The fourth-order valence-corrected chi connectivity index (χ4v) is 3.14. The van der Waals surface area contributed by atoms with Crippen LogP contribution in [0.15, 0.2) is 53.2 Å². The Morgan fingerprint density at radius 3 is 2.75 bits per heavy atom. The number of pyridine rings is 1. The number of benzene rings is 1. The van der Waals surface area contributed by atoms with Gasteiger partial charge in [-0.15, -0.1) is 0 Å². The first-order chi connectivity index (χ1) is 13.6. The highest BCUT2D eigenvalue weighted by atomic mass is 16.5. The van der Waals surface area contributed by atoms with E-state index < -0.39 is 5.97 Å². The molecule has 4 aromatic rings. The van der Waals surface area contributed by atoms with E-state index in [0.29, 0.717) is 36.0 Å². The van der Waals surface area contributed by atoms with Gasteiger partial charge in [0.25, 0.3) is 0 Å². The summed E-state index contributed by atoms with van der Waals surface area (Å²) in [6.45, 7) is 3.11. The fourth-order valence-electron chi connectivity index (χ4n) is 3.14. The number of carboxylic acids is 1. The number of aryl methyl sites for hydroxylation is 1. The van der Waals surface area contributed by atoms with Crippen LogP contribution in [0.2, 0.25) is 0 Å². The van der Waals surface area contributed by atoms with Crippen LogP contribution in [0.1, 0.15) is 23.0 Å². The van der Waals surface area contributed by atoms with E-state index in [1.165, 1.54) is 12.3 Å². The van der Waals surface area contributed by atoms with E-state index in [2.05, 4.69) is 15.1 Å². The third-order valence-electron chi connectivity index (χ3n) is 4.49. The van der Waals surface area contributed by atoms with E-state index in [0.717, 1.165) is 11.3 Å². The number of imidazole rings is 1. The summed E-state index contributed by atoms with van der Waals surface area (Å²) in [5.74, 6) is 0.367. The molecule has 0 radical (unpaired) electrons. The Balaban J connectivity index is 1.63. The molecule has 3 heterocycles. The number of carbonyl (C=O) groups is 1. The summed E-state index contributed by atoms with van der Waals surface area (Å²) < 4.78 is 7.43. The molecule has 8 nitrogen and oxygen atoms in total. The lowest BCUT2D eigenvalue weighted by molar-refractivity contribution is 0.0696. The molecular weight excluding hydrogens is 358 g/mol. The number of aromatic nitrogens is 4. The van der Waals surface area contributed by atoms with Crippen molar-refractivity contribution in [2.45, 2.75) is 20.0 Å². The van der Waals surface area contributed by atoms with Gasteiger partial charge in [-0.25, -0.2) is 14.8 Å². The van der Waals surface area contributed by atoms with E-state index in [9.17, 15) is 9.90 Å². The zero-order valence-corrected chi connectivity index (χ0v) is 15.5. The highest BCUT2D eigenvalue weighted by Crippen LogP contribution is 2.24. The van der Waals surface area contributed by atoms with Crippen LogP contribution in [0.4, 0.5) is 5.95 Å². The normalized spacial score (nSPS) is 11.1. The summed E-state index contributed by atoms with van der Waals surface area (Å²) in [4.78, 5) is 22.0. The molecule has 1 N–H and O–H groups in total. The zero-order chi connectivity index (χ0) is 19.7. The lowest BCUT2D eigenvalue weighted by Gasteiger charge is -2.17. The minimum absolute atomic E-state index is 0.116. The van der Waals surface area contributed by atoms with Gasteiger partial charge in [0, 0.05) is 31.4 Å². The lowest BCUT2D eigenvalue weighted by atomic mass is 10.1. The first kappa shape index (κ1) is 17.7. The Hall–Kier alpha value is -3.68. The van der Waals surface area contributed by atoms with Crippen molar-refractivity contribution < 1.29 is 14.4 Å². The van der Waals surface area contributed by atoms with Gasteiger partial charge in [-0.1, -0.05) is 35.5 Å². The maximum absolute atomic E-state index is 11.2. The van der Waals surface area contributed by atoms with Gasteiger partial charge in [0.2, 0.25) is 5.95 Å². The minimum Gasteiger partial charge on any atom is -0.478 e. The number of rotatable bonds is 6. The molecule has 0 aliphatic carbocycles. The second kappa shape index (κ2) is 7.15. The number of carboxylic acid groups (broad SMARTS) is 1. The molecule has 8 heteroatoms. The van der Waals surface area contributed by atoms with Gasteiger partial charge in [-0.3, -0.25) is 4.57 Å². The van der Waals surface area contributed by atoms with Crippen LogP contribution >= 0.6 is 0 Å². The average Bonchev–Trinajstić information content (AvgIpc) is 3.32. The number of hydrogen-bond donors (Lipinski definition) is 1. The third kappa shape index (κ3) is 3.20. The molecule has 28 heavy (non-hydrogen) atoms. The molecule has 1 aromatic carbocycles. The number of fused-ring (bicyclic) bond motifs is 1. The van der Waals surface area contributed by atoms with Gasteiger partial charge in [-0.2, -0.15) is 0 Å². The van der Waals surface area contributed by atoms with Crippen LogP contribution in [0.3, 0.4) is 0 Å². The summed E-state index contributed by atoms with van der Waals surface area (Å²) in [6, 6.07) is 13.3. The molecule has 0 atom stereocenters. The Kier molecular flexibility index (Phi) is 4.52. The molecule has 0 unspecified atom stereocenters. The van der Waals surface area contributed by atoms with Crippen molar-refractivity contribution in [1.82, 2.24) is 19.7 Å². The lowest BCUT2D eigenvalue weighted by Crippen LogP contribution is -2.20. The molecular formula is C20H19N5O3. The van der Waals surface area contributed by atoms with Gasteiger partial charge >= 0.3 is 5.97 Å². The van der Waals surface area contributed by atoms with E-state index in [-0.39, 0.29) is 5.56 Å². The van der Waals surface area contributed by atoms with Gasteiger partial charge in [0.1, 0.15) is 11.2 Å². The molecule has 0 aliphatic rings. The molecule has 0 saturated carbocycles. The maximum Gasteiger partial charge on any atom is 0.337 e. The predicted molar refractivity (Wildman–Crippen MR) is 104 cm³/mol. The molecule has 0 aliphatic heterocycles. The van der Waals surface area contributed by atoms with Crippen LogP contribution in [0.5, 0.6) is 0 Å². The summed E-state index contributed by atoms with van der Waals surface area (Å²) in [5.41, 5.74) is 3.08. The van der Waals surface area contributed by atoms with Gasteiger partial charge in [0.15, 0.2) is 11.4 Å². The van der Waals surface area contributed by atoms with Gasteiger partial charge in [0.05, 0.1) is 12.1 Å². The van der Waals surface area contributed by atoms with Crippen molar-refractivity contribution in [1.29, 1.82) is 0 Å². The Morgan fingerprint density at radius 1 is 1.25 bits per heavy atom. The van der Waals surface area contributed by atoms with Crippen LogP contribution in [-0.2, 0) is 13.1 Å². The topological polar surface area (TPSA) is 97.3 Å².